The lowest BCUT2D eigenvalue weighted by Gasteiger charge is -2.32. The molecule has 1 aliphatic carbocycles. The summed E-state index contributed by atoms with van der Waals surface area (Å²) in [6.45, 7) is 1.79. The third-order valence-electron chi connectivity index (χ3n) is 6.05. The third kappa shape index (κ3) is 3.71. The Kier molecular flexibility index (Phi) is 5.45. The number of aromatic nitrogens is 2. The quantitative estimate of drug-likeness (QED) is 0.532. The second-order valence-corrected chi connectivity index (χ2v) is 9.98. The molecule has 8 heteroatoms. The molecule has 1 N–H and O–H groups in total. The highest BCUT2D eigenvalue weighted by Crippen LogP contribution is 2.41. The van der Waals surface area contributed by atoms with Gasteiger partial charge in [0, 0.05) is 28.4 Å². The van der Waals surface area contributed by atoms with Crippen molar-refractivity contribution in [2.24, 2.45) is 5.92 Å². The minimum Gasteiger partial charge on any atom is -0.342 e. The number of piperidine rings is 1. The van der Waals surface area contributed by atoms with Crippen molar-refractivity contribution in [1.29, 1.82) is 0 Å². The fraction of sp³-hybridized carbons (Fsp3) is 0.409. The second-order valence-electron chi connectivity index (χ2n) is 7.98. The van der Waals surface area contributed by atoms with Gasteiger partial charge >= 0.3 is 0 Å². The molecule has 1 saturated heterocycles. The van der Waals surface area contributed by atoms with Crippen LogP contribution in [0.5, 0.6) is 0 Å². The van der Waals surface area contributed by atoms with E-state index in [1.807, 2.05) is 0 Å². The lowest BCUT2D eigenvalue weighted by molar-refractivity contribution is -0.136. The topological polar surface area (TPSA) is 58.1 Å². The molecule has 1 amide bonds. The summed E-state index contributed by atoms with van der Waals surface area (Å²) < 4.78 is 15.0. The van der Waals surface area contributed by atoms with Gasteiger partial charge in [-0.1, -0.05) is 15.9 Å². The smallest absolute Gasteiger partial charge is 0.226 e. The van der Waals surface area contributed by atoms with E-state index in [0.717, 1.165) is 55.4 Å². The van der Waals surface area contributed by atoms with E-state index >= 15 is 0 Å². The van der Waals surface area contributed by atoms with Gasteiger partial charge in [0.2, 0.25) is 5.91 Å². The van der Waals surface area contributed by atoms with Crippen LogP contribution in [0.15, 0.2) is 29.0 Å². The number of thiophene rings is 1. The molecular formula is C22H22BrFN4OS. The summed E-state index contributed by atoms with van der Waals surface area (Å²) in [4.78, 5) is 26.0. The second kappa shape index (κ2) is 8.23. The number of rotatable bonds is 3. The van der Waals surface area contributed by atoms with Crippen molar-refractivity contribution in [3.63, 3.8) is 0 Å². The molecule has 1 unspecified atom stereocenters. The molecule has 3 heterocycles. The molecule has 0 spiro atoms. The molecule has 2 aromatic heterocycles. The summed E-state index contributed by atoms with van der Waals surface area (Å²) in [6.07, 6.45) is 7.40. The Bertz CT molecular complexity index is 1110. The number of amides is 1. The zero-order chi connectivity index (χ0) is 20.7. The number of nitrogens with zero attached hydrogens (tertiary/aromatic N) is 3. The lowest BCUT2D eigenvalue weighted by Crippen LogP contribution is -2.41. The molecule has 1 aromatic carbocycles. The molecule has 0 bridgehead atoms. The molecule has 3 aromatic rings. The van der Waals surface area contributed by atoms with E-state index in [1.165, 1.54) is 29.3 Å². The van der Waals surface area contributed by atoms with Crippen LogP contribution in [0, 0.1) is 11.7 Å². The van der Waals surface area contributed by atoms with Crippen LogP contribution >= 0.6 is 27.3 Å². The number of carbonyl (C=O) groups is 1. The molecule has 30 heavy (non-hydrogen) atoms. The SMILES string of the molecule is O=C(C1CCc2c(sc3ncnc(Nc4ccc(Br)cc4F)c23)C1)N1CCCCC1. The van der Waals surface area contributed by atoms with E-state index in [1.54, 1.807) is 23.5 Å². The van der Waals surface area contributed by atoms with Gasteiger partial charge < -0.3 is 10.2 Å². The van der Waals surface area contributed by atoms with Crippen LogP contribution in [0.2, 0.25) is 0 Å². The van der Waals surface area contributed by atoms with E-state index in [0.29, 0.717) is 21.9 Å². The number of hydrogen-bond donors (Lipinski definition) is 1. The maximum absolute atomic E-state index is 14.3. The Labute approximate surface area is 186 Å². The molecule has 1 fully saturated rings. The fourth-order valence-corrected chi connectivity index (χ4v) is 6.11. The highest BCUT2D eigenvalue weighted by atomic mass is 79.9. The Balaban J connectivity index is 1.43. The van der Waals surface area contributed by atoms with Gasteiger partial charge in [0.15, 0.2) is 0 Å². The van der Waals surface area contributed by atoms with E-state index in [9.17, 15) is 9.18 Å². The predicted molar refractivity (Wildman–Crippen MR) is 121 cm³/mol. The summed E-state index contributed by atoms with van der Waals surface area (Å²) in [6, 6.07) is 4.92. The van der Waals surface area contributed by atoms with Gasteiger partial charge in [-0.15, -0.1) is 11.3 Å². The molecule has 5 rings (SSSR count). The Morgan fingerprint density at radius 3 is 2.87 bits per heavy atom. The third-order valence-corrected chi connectivity index (χ3v) is 7.70. The van der Waals surface area contributed by atoms with Gasteiger partial charge in [0.25, 0.3) is 0 Å². The number of benzene rings is 1. The number of aryl methyl sites for hydroxylation is 1. The number of fused-ring (bicyclic) bond motifs is 3. The first-order chi connectivity index (χ1) is 14.6. The van der Waals surface area contributed by atoms with Crippen molar-refractivity contribution in [2.45, 2.75) is 38.5 Å². The molecule has 156 valence electrons. The monoisotopic (exact) mass is 488 g/mol. The summed E-state index contributed by atoms with van der Waals surface area (Å²) in [5.41, 5.74) is 1.59. The first-order valence-corrected chi connectivity index (χ1v) is 12.0. The van der Waals surface area contributed by atoms with Gasteiger partial charge in [-0.25, -0.2) is 14.4 Å². The van der Waals surface area contributed by atoms with E-state index in [4.69, 9.17) is 0 Å². The van der Waals surface area contributed by atoms with Crippen molar-refractivity contribution in [1.82, 2.24) is 14.9 Å². The number of halogens is 2. The first-order valence-electron chi connectivity index (χ1n) is 10.4. The highest BCUT2D eigenvalue weighted by molar-refractivity contribution is 9.10. The maximum atomic E-state index is 14.3. The molecule has 1 atom stereocenters. The van der Waals surface area contributed by atoms with Crippen LogP contribution in [0.3, 0.4) is 0 Å². The number of likely N-dealkylation sites (tertiary alicyclic amines) is 1. The largest absolute Gasteiger partial charge is 0.342 e. The summed E-state index contributed by atoms with van der Waals surface area (Å²) in [7, 11) is 0. The van der Waals surface area contributed by atoms with Crippen molar-refractivity contribution >= 4 is 54.9 Å². The van der Waals surface area contributed by atoms with Crippen molar-refractivity contribution in [2.75, 3.05) is 18.4 Å². The summed E-state index contributed by atoms with van der Waals surface area (Å²) >= 11 is 4.92. The standard InChI is InChI=1S/C22H22BrFN4OS/c23-14-5-7-17(16(24)11-14)27-20-19-15-6-4-13(22(29)28-8-2-1-3-9-28)10-18(15)30-21(19)26-12-25-20/h5,7,11-13H,1-4,6,8-10H2,(H,25,26,27). The number of carbonyl (C=O) groups excluding carboxylic acids is 1. The first kappa shape index (κ1) is 19.9. The maximum Gasteiger partial charge on any atom is 0.226 e. The summed E-state index contributed by atoms with van der Waals surface area (Å²) in [5, 5.41) is 4.11. The zero-order valence-corrected chi connectivity index (χ0v) is 18.9. The Morgan fingerprint density at radius 1 is 1.23 bits per heavy atom. The van der Waals surface area contributed by atoms with Gasteiger partial charge in [-0.2, -0.15) is 0 Å². The average Bonchev–Trinajstić information content (AvgIpc) is 3.14. The molecule has 1 aliphatic heterocycles. The number of anilines is 2. The molecular weight excluding hydrogens is 467 g/mol. The van der Waals surface area contributed by atoms with Crippen LogP contribution in [0.4, 0.5) is 15.9 Å². The Morgan fingerprint density at radius 2 is 2.07 bits per heavy atom. The molecule has 0 radical (unpaired) electrons. The average molecular weight is 489 g/mol. The minimum atomic E-state index is -0.340. The predicted octanol–water partition coefficient (Wildman–Crippen LogP) is 5.45. The van der Waals surface area contributed by atoms with Crippen LogP contribution in [-0.2, 0) is 17.6 Å². The van der Waals surface area contributed by atoms with E-state index in [2.05, 4.69) is 36.1 Å². The van der Waals surface area contributed by atoms with Crippen molar-refractivity contribution < 1.29 is 9.18 Å². The van der Waals surface area contributed by atoms with Gasteiger partial charge in [-0.3, -0.25) is 4.79 Å². The van der Waals surface area contributed by atoms with Gasteiger partial charge in [0.05, 0.1) is 11.1 Å². The number of nitrogens with one attached hydrogen (secondary N) is 1. The van der Waals surface area contributed by atoms with E-state index in [-0.39, 0.29) is 11.7 Å². The Hall–Kier alpha value is -2.06. The van der Waals surface area contributed by atoms with Crippen molar-refractivity contribution in [3.05, 3.63) is 45.3 Å². The normalized spacial score (nSPS) is 19.0. The molecule has 2 aliphatic rings. The van der Waals surface area contributed by atoms with Gasteiger partial charge in [0.1, 0.15) is 22.8 Å². The highest BCUT2D eigenvalue weighted by Gasteiger charge is 2.32. The fourth-order valence-electron chi connectivity index (χ4n) is 4.51. The van der Waals surface area contributed by atoms with Crippen LogP contribution in [-0.4, -0.2) is 33.9 Å². The zero-order valence-electron chi connectivity index (χ0n) is 16.5. The number of hydrogen-bond acceptors (Lipinski definition) is 5. The van der Waals surface area contributed by atoms with Crippen LogP contribution < -0.4 is 5.32 Å². The van der Waals surface area contributed by atoms with Gasteiger partial charge in [-0.05, 0) is 62.3 Å². The minimum absolute atomic E-state index is 0.0527. The summed E-state index contributed by atoms with van der Waals surface area (Å²) in [5.74, 6) is 0.642. The molecule has 5 nitrogen and oxygen atoms in total. The van der Waals surface area contributed by atoms with Crippen molar-refractivity contribution in [3.8, 4) is 0 Å². The van der Waals surface area contributed by atoms with Crippen LogP contribution in [0.25, 0.3) is 10.2 Å². The lowest BCUT2D eigenvalue weighted by atomic mass is 9.86. The van der Waals surface area contributed by atoms with E-state index < -0.39 is 0 Å². The van der Waals surface area contributed by atoms with Crippen LogP contribution in [0.1, 0.15) is 36.1 Å². The molecule has 0 saturated carbocycles.